The summed E-state index contributed by atoms with van der Waals surface area (Å²) < 4.78 is 13.0. The van der Waals surface area contributed by atoms with E-state index in [0.717, 1.165) is 17.5 Å². The first-order valence-electron chi connectivity index (χ1n) is 4.96. The van der Waals surface area contributed by atoms with Crippen LogP contribution in [0, 0.1) is 5.82 Å². The molecule has 0 saturated heterocycles. The highest BCUT2D eigenvalue weighted by molar-refractivity contribution is 5.78. The lowest BCUT2D eigenvalue weighted by molar-refractivity contribution is -0.130. The van der Waals surface area contributed by atoms with E-state index in [4.69, 9.17) is 5.73 Å². The predicted octanol–water partition coefficient (Wildman–Crippen LogP) is 0.669. The molecule has 1 amide bonds. The van der Waals surface area contributed by atoms with E-state index in [9.17, 15) is 9.18 Å². The van der Waals surface area contributed by atoms with Crippen LogP contribution in [0.1, 0.15) is 11.1 Å². The van der Waals surface area contributed by atoms with Crippen molar-refractivity contribution >= 4 is 5.91 Å². The Hall–Kier alpha value is -1.42. The van der Waals surface area contributed by atoms with E-state index in [-0.39, 0.29) is 18.3 Å². The molecule has 0 aromatic heterocycles. The van der Waals surface area contributed by atoms with Crippen LogP contribution >= 0.6 is 0 Å². The van der Waals surface area contributed by atoms with Crippen molar-refractivity contribution in [3.63, 3.8) is 0 Å². The molecular weight excluding hydrogens is 195 g/mol. The second kappa shape index (κ2) is 3.98. The number of rotatable bonds is 1. The fraction of sp³-hybridized carbons (Fsp3) is 0.364. The van der Waals surface area contributed by atoms with Gasteiger partial charge in [-0.2, -0.15) is 0 Å². The van der Waals surface area contributed by atoms with Crippen LogP contribution < -0.4 is 5.73 Å². The summed E-state index contributed by atoms with van der Waals surface area (Å²) in [5, 5.41) is 0. The standard InChI is InChI=1S/C11H13FN2O/c12-10-2-1-8-3-4-14(11(15)6-13)7-9(8)5-10/h1-2,5H,3-4,6-7,13H2. The molecule has 2 rings (SSSR count). The van der Waals surface area contributed by atoms with Crippen LogP contribution in [-0.2, 0) is 17.8 Å². The van der Waals surface area contributed by atoms with Crippen molar-refractivity contribution in [2.24, 2.45) is 5.73 Å². The Morgan fingerprint density at radius 1 is 1.47 bits per heavy atom. The zero-order valence-corrected chi connectivity index (χ0v) is 8.37. The number of hydrogen-bond donors (Lipinski definition) is 1. The highest BCUT2D eigenvalue weighted by atomic mass is 19.1. The Morgan fingerprint density at radius 2 is 2.27 bits per heavy atom. The van der Waals surface area contributed by atoms with Gasteiger partial charge in [-0.25, -0.2) is 4.39 Å². The van der Waals surface area contributed by atoms with E-state index >= 15 is 0 Å². The Kier molecular flexibility index (Phi) is 2.68. The molecule has 2 N–H and O–H groups in total. The molecule has 4 heteroatoms. The van der Waals surface area contributed by atoms with Crippen molar-refractivity contribution in [2.45, 2.75) is 13.0 Å². The van der Waals surface area contributed by atoms with Crippen molar-refractivity contribution in [3.8, 4) is 0 Å². The largest absolute Gasteiger partial charge is 0.337 e. The van der Waals surface area contributed by atoms with E-state index in [1.165, 1.54) is 12.1 Å². The van der Waals surface area contributed by atoms with Gasteiger partial charge in [-0.15, -0.1) is 0 Å². The third-order valence-electron chi connectivity index (χ3n) is 2.71. The molecule has 1 aromatic carbocycles. The number of carbonyl (C=O) groups excluding carboxylic acids is 1. The number of benzene rings is 1. The molecule has 0 aliphatic carbocycles. The summed E-state index contributed by atoms with van der Waals surface area (Å²) in [6, 6.07) is 4.74. The summed E-state index contributed by atoms with van der Waals surface area (Å²) in [6.45, 7) is 1.17. The van der Waals surface area contributed by atoms with Gasteiger partial charge in [-0.05, 0) is 29.7 Å². The van der Waals surface area contributed by atoms with Crippen molar-refractivity contribution < 1.29 is 9.18 Å². The molecule has 15 heavy (non-hydrogen) atoms. The van der Waals surface area contributed by atoms with Gasteiger partial charge in [-0.1, -0.05) is 6.07 Å². The van der Waals surface area contributed by atoms with E-state index in [2.05, 4.69) is 0 Å². The van der Waals surface area contributed by atoms with Crippen molar-refractivity contribution in [2.75, 3.05) is 13.1 Å². The highest BCUT2D eigenvalue weighted by Gasteiger charge is 2.19. The van der Waals surface area contributed by atoms with E-state index in [0.29, 0.717) is 13.1 Å². The lowest BCUT2D eigenvalue weighted by atomic mass is 10.00. The van der Waals surface area contributed by atoms with Crippen LogP contribution in [-0.4, -0.2) is 23.9 Å². The Labute approximate surface area is 87.7 Å². The van der Waals surface area contributed by atoms with Crippen LogP contribution in [0.4, 0.5) is 4.39 Å². The topological polar surface area (TPSA) is 46.3 Å². The zero-order valence-electron chi connectivity index (χ0n) is 8.37. The SMILES string of the molecule is NCC(=O)N1CCc2ccc(F)cc2C1. The summed E-state index contributed by atoms with van der Waals surface area (Å²) in [6.07, 6.45) is 0.779. The van der Waals surface area contributed by atoms with E-state index in [1.54, 1.807) is 11.0 Å². The molecule has 1 aliphatic heterocycles. The number of amides is 1. The summed E-state index contributed by atoms with van der Waals surface area (Å²) >= 11 is 0. The van der Waals surface area contributed by atoms with Gasteiger partial charge in [0.25, 0.3) is 0 Å². The molecular formula is C11H13FN2O. The van der Waals surface area contributed by atoms with Crippen LogP contribution in [0.3, 0.4) is 0 Å². The van der Waals surface area contributed by atoms with Crippen LogP contribution in [0.2, 0.25) is 0 Å². The molecule has 1 heterocycles. The van der Waals surface area contributed by atoms with E-state index < -0.39 is 0 Å². The van der Waals surface area contributed by atoms with Crippen LogP contribution in [0.25, 0.3) is 0 Å². The molecule has 1 aliphatic rings. The van der Waals surface area contributed by atoms with Gasteiger partial charge in [0.1, 0.15) is 5.82 Å². The number of carbonyl (C=O) groups is 1. The Bertz CT molecular complexity index is 392. The van der Waals surface area contributed by atoms with Gasteiger partial charge in [0.05, 0.1) is 6.54 Å². The first-order chi connectivity index (χ1) is 7.20. The lowest BCUT2D eigenvalue weighted by Crippen LogP contribution is -2.39. The van der Waals surface area contributed by atoms with Gasteiger partial charge in [-0.3, -0.25) is 4.79 Å². The molecule has 0 atom stereocenters. The third-order valence-corrected chi connectivity index (χ3v) is 2.71. The third kappa shape index (κ3) is 1.99. The maximum absolute atomic E-state index is 13.0. The van der Waals surface area contributed by atoms with Gasteiger partial charge in [0.15, 0.2) is 0 Å². The van der Waals surface area contributed by atoms with Gasteiger partial charge in [0, 0.05) is 13.1 Å². The molecule has 0 fully saturated rings. The molecule has 0 spiro atoms. The van der Waals surface area contributed by atoms with Gasteiger partial charge < -0.3 is 10.6 Å². The molecule has 1 aromatic rings. The summed E-state index contributed by atoms with van der Waals surface area (Å²) in [4.78, 5) is 13.0. The first kappa shape index (κ1) is 10.1. The summed E-state index contributed by atoms with van der Waals surface area (Å²) in [5.74, 6) is -0.333. The molecule has 0 radical (unpaired) electrons. The average molecular weight is 208 g/mol. The maximum Gasteiger partial charge on any atom is 0.236 e. The smallest absolute Gasteiger partial charge is 0.236 e. The quantitative estimate of drug-likeness (QED) is 0.737. The summed E-state index contributed by atoms with van der Waals surface area (Å²) in [7, 11) is 0. The first-order valence-corrected chi connectivity index (χ1v) is 4.96. The Morgan fingerprint density at radius 3 is 3.00 bits per heavy atom. The molecule has 0 unspecified atom stereocenters. The maximum atomic E-state index is 13.0. The van der Waals surface area contributed by atoms with Crippen LogP contribution in [0.5, 0.6) is 0 Å². The average Bonchev–Trinajstić information content (AvgIpc) is 2.27. The summed E-state index contributed by atoms with van der Waals surface area (Å²) in [5.41, 5.74) is 7.30. The number of fused-ring (bicyclic) bond motifs is 1. The van der Waals surface area contributed by atoms with Crippen molar-refractivity contribution in [1.82, 2.24) is 4.90 Å². The van der Waals surface area contributed by atoms with Crippen LogP contribution in [0.15, 0.2) is 18.2 Å². The lowest BCUT2D eigenvalue weighted by Gasteiger charge is -2.28. The highest BCUT2D eigenvalue weighted by Crippen LogP contribution is 2.19. The minimum atomic E-state index is -0.254. The second-order valence-corrected chi connectivity index (χ2v) is 3.68. The second-order valence-electron chi connectivity index (χ2n) is 3.68. The predicted molar refractivity (Wildman–Crippen MR) is 54.6 cm³/mol. The minimum absolute atomic E-state index is 0.0185. The van der Waals surface area contributed by atoms with E-state index in [1.807, 2.05) is 0 Å². The normalized spacial score (nSPS) is 14.9. The monoisotopic (exact) mass is 208 g/mol. The molecule has 0 saturated carbocycles. The van der Waals surface area contributed by atoms with Crippen molar-refractivity contribution in [1.29, 1.82) is 0 Å². The van der Waals surface area contributed by atoms with Gasteiger partial charge >= 0.3 is 0 Å². The number of halogens is 1. The zero-order chi connectivity index (χ0) is 10.8. The van der Waals surface area contributed by atoms with Gasteiger partial charge in [0.2, 0.25) is 5.91 Å². The van der Waals surface area contributed by atoms with Crippen molar-refractivity contribution in [3.05, 3.63) is 35.1 Å². The number of nitrogens with zero attached hydrogens (tertiary/aromatic N) is 1. The fourth-order valence-electron chi connectivity index (χ4n) is 1.87. The Balaban J connectivity index is 2.22. The molecule has 80 valence electrons. The molecule has 0 bridgehead atoms. The fourth-order valence-corrected chi connectivity index (χ4v) is 1.87. The number of nitrogens with two attached hydrogens (primary N) is 1. The molecule has 3 nitrogen and oxygen atoms in total. The minimum Gasteiger partial charge on any atom is -0.337 e. The number of hydrogen-bond acceptors (Lipinski definition) is 2.